The largest absolute Gasteiger partial charge is 0.250 e. The summed E-state index contributed by atoms with van der Waals surface area (Å²) in [4.78, 5) is 5.28. The van der Waals surface area contributed by atoms with E-state index in [2.05, 4.69) is 9.71 Å². The first kappa shape index (κ1) is 18.5. The Kier molecular flexibility index (Phi) is 5.55. The third-order valence-corrected chi connectivity index (χ3v) is 7.83. The van der Waals surface area contributed by atoms with Crippen LogP contribution in [0, 0.1) is 5.82 Å². The number of thiophene rings is 1. The normalized spacial score (nSPS) is 11.8. The number of halogens is 2. The predicted octanol–water partition coefficient (Wildman–Crippen LogP) is 4.71. The average Bonchev–Trinajstić information content (AvgIpc) is 3.23. The van der Waals surface area contributed by atoms with Gasteiger partial charge in [-0.2, -0.15) is 0 Å². The Balaban J connectivity index is 1.76. The molecule has 0 fully saturated rings. The van der Waals surface area contributed by atoms with E-state index in [1.807, 2.05) is 12.3 Å². The molecule has 0 spiro atoms. The highest BCUT2D eigenvalue weighted by atomic mass is 35.5. The van der Waals surface area contributed by atoms with E-state index in [-0.39, 0.29) is 15.8 Å². The average molecular weight is 417 g/mol. The molecule has 0 aliphatic carbocycles. The molecule has 1 N–H and O–H groups in total. The van der Waals surface area contributed by atoms with Crippen molar-refractivity contribution in [2.24, 2.45) is 0 Å². The number of nitrogens with one attached hydrogen (secondary N) is 1. The maximum Gasteiger partial charge on any atom is 0.250 e. The number of aromatic nitrogens is 1. The third kappa shape index (κ3) is 4.27. The van der Waals surface area contributed by atoms with Gasteiger partial charge in [-0.1, -0.05) is 24.6 Å². The lowest BCUT2D eigenvalue weighted by molar-refractivity contribution is 0.583. The van der Waals surface area contributed by atoms with Crippen LogP contribution in [0.15, 0.2) is 39.9 Å². The zero-order valence-electron chi connectivity index (χ0n) is 13.1. The molecule has 0 atom stereocenters. The maximum absolute atomic E-state index is 13.1. The first-order chi connectivity index (χ1) is 11.9. The number of rotatable bonds is 6. The molecule has 0 saturated carbocycles. The van der Waals surface area contributed by atoms with Gasteiger partial charge < -0.3 is 0 Å². The minimum Gasteiger partial charge on any atom is -0.240 e. The molecule has 132 valence electrons. The Labute approximate surface area is 158 Å². The van der Waals surface area contributed by atoms with Gasteiger partial charge in [-0.15, -0.1) is 22.7 Å². The number of hydrogen-bond acceptors (Lipinski definition) is 5. The lowest BCUT2D eigenvalue weighted by atomic mass is 10.2. The summed E-state index contributed by atoms with van der Waals surface area (Å²) in [7, 11) is -3.68. The van der Waals surface area contributed by atoms with Gasteiger partial charge in [-0.25, -0.2) is 22.5 Å². The Morgan fingerprint density at radius 3 is 2.76 bits per heavy atom. The van der Waals surface area contributed by atoms with Gasteiger partial charge in [0.15, 0.2) is 0 Å². The van der Waals surface area contributed by atoms with Crippen LogP contribution in [0.1, 0.15) is 18.2 Å². The first-order valence-corrected chi connectivity index (χ1v) is 10.9. The van der Waals surface area contributed by atoms with Crippen LogP contribution in [-0.2, 0) is 23.0 Å². The Hall–Kier alpha value is -1.32. The van der Waals surface area contributed by atoms with Crippen molar-refractivity contribution in [1.29, 1.82) is 0 Å². The van der Waals surface area contributed by atoms with Crippen molar-refractivity contribution in [3.8, 4) is 9.88 Å². The van der Waals surface area contributed by atoms with E-state index in [1.165, 1.54) is 23.5 Å². The molecule has 0 unspecified atom stereocenters. The molecule has 2 aromatic heterocycles. The highest BCUT2D eigenvalue weighted by Crippen LogP contribution is 2.33. The van der Waals surface area contributed by atoms with E-state index in [0.717, 1.165) is 39.4 Å². The van der Waals surface area contributed by atoms with Crippen molar-refractivity contribution in [3.63, 3.8) is 0 Å². The van der Waals surface area contributed by atoms with E-state index in [4.69, 9.17) is 11.6 Å². The predicted molar refractivity (Wildman–Crippen MR) is 100 cm³/mol. The molecule has 1 aromatic carbocycles. The second-order valence-corrected chi connectivity index (χ2v) is 9.52. The molecule has 2 heterocycles. The van der Waals surface area contributed by atoms with Gasteiger partial charge in [0.25, 0.3) is 0 Å². The summed E-state index contributed by atoms with van der Waals surface area (Å²) in [6.45, 7) is 2.01. The Bertz CT molecular complexity index is 998. The van der Waals surface area contributed by atoms with Crippen molar-refractivity contribution in [2.45, 2.75) is 24.1 Å². The van der Waals surface area contributed by atoms with Crippen LogP contribution in [0.3, 0.4) is 0 Å². The van der Waals surface area contributed by atoms with Crippen LogP contribution in [0.25, 0.3) is 9.88 Å². The SMILES string of the molecule is CCc1csc(-c2ccc(S(=O)(=O)NCc3ccc(F)cc3Cl)s2)n1. The summed E-state index contributed by atoms with van der Waals surface area (Å²) in [6.07, 6.45) is 0.840. The van der Waals surface area contributed by atoms with E-state index in [9.17, 15) is 12.8 Å². The highest BCUT2D eigenvalue weighted by Gasteiger charge is 2.18. The third-order valence-electron chi connectivity index (χ3n) is 3.44. The minimum atomic E-state index is -3.68. The zero-order chi connectivity index (χ0) is 18.0. The fourth-order valence-electron chi connectivity index (χ4n) is 2.07. The van der Waals surface area contributed by atoms with Crippen molar-refractivity contribution >= 4 is 44.3 Å². The molecule has 0 aliphatic rings. The summed E-state index contributed by atoms with van der Waals surface area (Å²) in [5.41, 5.74) is 1.50. The molecule has 4 nitrogen and oxygen atoms in total. The molecule has 25 heavy (non-hydrogen) atoms. The van der Waals surface area contributed by atoms with Gasteiger partial charge in [-0.05, 0) is 36.2 Å². The molecule has 0 aliphatic heterocycles. The van der Waals surface area contributed by atoms with E-state index >= 15 is 0 Å². The van der Waals surface area contributed by atoms with Crippen LogP contribution in [-0.4, -0.2) is 13.4 Å². The summed E-state index contributed by atoms with van der Waals surface area (Å²) >= 11 is 8.58. The molecule has 0 saturated heterocycles. The van der Waals surface area contributed by atoms with Crippen LogP contribution in [0.5, 0.6) is 0 Å². The molecule has 0 amide bonds. The summed E-state index contributed by atoms with van der Waals surface area (Å²) in [5, 5.41) is 2.96. The topological polar surface area (TPSA) is 59.1 Å². The van der Waals surface area contributed by atoms with Crippen LogP contribution < -0.4 is 4.72 Å². The van der Waals surface area contributed by atoms with Crippen molar-refractivity contribution in [3.05, 3.63) is 57.8 Å². The van der Waals surface area contributed by atoms with Gasteiger partial charge in [0.2, 0.25) is 10.0 Å². The molecular weight excluding hydrogens is 403 g/mol. The summed E-state index contributed by atoms with van der Waals surface area (Å²) < 4.78 is 40.7. The smallest absolute Gasteiger partial charge is 0.240 e. The van der Waals surface area contributed by atoms with E-state index < -0.39 is 15.8 Å². The standard InChI is InChI=1S/C16H14ClFN2O2S3/c1-2-12-9-23-16(20-12)14-5-6-15(24-14)25(21,22)19-8-10-3-4-11(18)7-13(10)17/h3-7,9,19H,2,8H2,1H3. The van der Waals surface area contributed by atoms with Gasteiger partial charge >= 0.3 is 0 Å². The number of nitrogens with zero attached hydrogens (tertiary/aromatic N) is 1. The summed E-state index contributed by atoms with van der Waals surface area (Å²) in [5.74, 6) is -0.464. The van der Waals surface area contributed by atoms with Crippen LogP contribution >= 0.6 is 34.3 Å². The van der Waals surface area contributed by atoms with Gasteiger partial charge in [-0.3, -0.25) is 0 Å². The molecule has 0 radical (unpaired) electrons. The fraction of sp³-hybridized carbons (Fsp3) is 0.188. The van der Waals surface area contributed by atoms with Crippen LogP contribution in [0.4, 0.5) is 4.39 Å². The first-order valence-electron chi connectivity index (χ1n) is 7.37. The number of hydrogen-bond donors (Lipinski definition) is 1. The van der Waals surface area contributed by atoms with E-state index in [0.29, 0.717) is 5.56 Å². The second-order valence-electron chi connectivity index (χ2n) is 5.18. The summed E-state index contributed by atoms with van der Waals surface area (Å²) in [6, 6.07) is 7.17. The fourth-order valence-corrected chi connectivity index (χ4v) is 5.64. The van der Waals surface area contributed by atoms with Crippen molar-refractivity contribution in [2.75, 3.05) is 0 Å². The minimum absolute atomic E-state index is 0.00802. The number of aryl methyl sites for hydroxylation is 1. The molecular formula is C16H14ClFN2O2S3. The highest BCUT2D eigenvalue weighted by molar-refractivity contribution is 7.91. The van der Waals surface area contributed by atoms with Gasteiger partial charge in [0.1, 0.15) is 15.0 Å². The van der Waals surface area contributed by atoms with Crippen molar-refractivity contribution in [1.82, 2.24) is 9.71 Å². The Morgan fingerprint density at radius 2 is 2.08 bits per heavy atom. The van der Waals surface area contributed by atoms with Gasteiger partial charge in [0, 0.05) is 16.9 Å². The number of benzene rings is 1. The lowest BCUT2D eigenvalue weighted by Crippen LogP contribution is -2.22. The lowest BCUT2D eigenvalue weighted by Gasteiger charge is -2.06. The quantitative estimate of drug-likeness (QED) is 0.633. The maximum atomic E-state index is 13.1. The molecule has 3 aromatic rings. The molecule has 3 rings (SSSR count). The van der Waals surface area contributed by atoms with Gasteiger partial charge in [0.05, 0.1) is 10.6 Å². The zero-order valence-corrected chi connectivity index (χ0v) is 16.3. The number of sulfonamides is 1. The molecule has 9 heteroatoms. The van der Waals surface area contributed by atoms with Crippen molar-refractivity contribution < 1.29 is 12.8 Å². The molecule has 0 bridgehead atoms. The van der Waals surface area contributed by atoms with Crippen LogP contribution in [0.2, 0.25) is 5.02 Å². The van der Waals surface area contributed by atoms with E-state index in [1.54, 1.807) is 12.1 Å². The second kappa shape index (κ2) is 7.51. The number of thiazole rings is 1. The monoisotopic (exact) mass is 416 g/mol. The Morgan fingerprint density at radius 1 is 1.28 bits per heavy atom.